The van der Waals surface area contributed by atoms with Gasteiger partial charge < -0.3 is 15.7 Å². The third-order valence-electron chi connectivity index (χ3n) is 4.09. The highest BCUT2D eigenvalue weighted by Crippen LogP contribution is 2.33. The monoisotopic (exact) mass is 320 g/mol. The molecule has 6 nitrogen and oxygen atoms in total. The van der Waals surface area contributed by atoms with Gasteiger partial charge >= 0.3 is 5.97 Å². The van der Waals surface area contributed by atoms with Gasteiger partial charge in [0.1, 0.15) is 5.54 Å². The van der Waals surface area contributed by atoms with Crippen molar-refractivity contribution in [2.45, 2.75) is 36.1 Å². The highest BCUT2D eigenvalue weighted by atomic mass is 32.2. The number of carbonyl (C=O) groups excluding carboxylic acids is 2. The van der Waals surface area contributed by atoms with E-state index in [0.29, 0.717) is 29.8 Å². The van der Waals surface area contributed by atoms with Crippen molar-refractivity contribution in [2.24, 2.45) is 0 Å². The van der Waals surface area contributed by atoms with E-state index in [1.54, 1.807) is 18.2 Å². The lowest BCUT2D eigenvalue weighted by Crippen LogP contribution is -2.52. The second kappa shape index (κ2) is 5.64. The van der Waals surface area contributed by atoms with Crippen molar-refractivity contribution in [2.75, 3.05) is 11.1 Å². The minimum Gasteiger partial charge on any atom is -0.480 e. The van der Waals surface area contributed by atoms with E-state index in [1.807, 2.05) is 0 Å². The highest BCUT2D eigenvalue weighted by molar-refractivity contribution is 8.00. The van der Waals surface area contributed by atoms with Crippen molar-refractivity contribution in [3.8, 4) is 0 Å². The van der Waals surface area contributed by atoms with Crippen LogP contribution in [0.4, 0.5) is 5.69 Å². The first kappa shape index (κ1) is 14.9. The van der Waals surface area contributed by atoms with Crippen molar-refractivity contribution in [1.82, 2.24) is 5.32 Å². The van der Waals surface area contributed by atoms with Crippen LogP contribution in [0.3, 0.4) is 0 Å². The molecule has 0 radical (unpaired) electrons. The van der Waals surface area contributed by atoms with Crippen LogP contribution in [-0.2, 0) is 9.59 Å². The Labute approximate surface area is 131 Å². The van der Waals surface area contributed by atoms with Gasteiger partial charge in [-0.1, -0.05) is 12.8 Å². The number of hydrogen-bond donors (Lipinski definition) is 3. The number of carboxylic acid groups (broad SMARTS) is 1. The molecule has 0 saturated heterocycles. The summed E-state index contributed by atoms with van der Waals surface area (Å²) >= 11 is 1.42. The summed E-state index contributed by atoms with van der Waals surface area (Å²) in [6.07, 6.45) is 2.49. The Morgan fingerprint density at radius 2 is 2.00 bits per heavy atom. The number of carbonyl (C=O) groups is 3. The fourth-order valence-electron chi connectivity index (χ4n) is 2.88. The summed E-state index contributed by atoms with van der Waals surface area (Å²) in [6.45, 7) is 0. The average molecular weight is 320 g/mol. The molecule has 0 bridgehead atoms. The van der Waals surface area contributed by atoms with Gasteiger partial charge in [0.2, 0.25) is 5.91 Å². The maximum atomic E-state index is 12.4. The minimum absolute atomic E-state index is 0.104. The summed E-state index contributed by atoms with van der Waals surface area (Å²) in [7, 11) is 0. The van der Waals surface area contributed by atoms with Crippen LogP contribution in [0.15, 0.2) is 23.1 Å². The number of aliphatic carboxylic acids is 1. The van der Waals surface area contributed by atoms with Gasteiger partial charge in [0, 0.05) is 10.5 Å². The molecule has 1 aromatic rings. The maximum absolute atomic E-state index is 12.4. The van der Waals surface area contributed by atoms with Crippen LogP contribution in [0.5, 0.6) is 0 Å². The Morgan fingerprint density at radius 1 is 1.27 bits per heavy atom. The van der Waals surface area contributed by atoms with Gasteiger partial charge in [-0.05, 0) is 31.0 Å². The van der Waals surface area contributed by atoms with Gasteiger partial charge in [0.25, 0.3) is 5.91 Å². The van der Waals surface area contributed by atoms with Crippen LogP contribution >= 0.6 is 11.8 Å². The SMILES string of the molecule is O=C1CSc2ccc(C(=O)NC3(C(=O)O)CCCC3)cc2N1. The van der Waals surface area contributed by atoms with Crippen LogP contribution in [-0.4, -0.2) is 34.2 Å². The van der Waals surface area contributed by atoms with Gasteiger partial charge in [-0.3, -0.25) is 9.59 Å². The zero-order chi connectivity index (χ0) is 15.7. The smallest absolute Gasteiger partial charge is 0.329 e. The van der Waals surface area contributed by atoms with E-state index in [9.17, 15) is 19.5 Å². The van der Waals surface area contributed by atoms with Crippen LogP contribution in [0.2, 0.25) is 0 Å². The summed E-state index contributed by atoms with van der Waals surface area (Å²) in [6, 6.07) is 5.03. The fourth-order valence-corrected chi connectivity index (χ4v) is 3.67. The first-order valence-electron chi connectivity index (χ1n) is 7.13. The highest BCUT2D eigenvalue weighted by Gasteiger charge is 2.42. The Bertz CT molecular complexity index is 653. The van der Waals surface area contributed by atoms with Gasteiger partial charge in [-0.2, -0.15) is 0 Å². The number of hydrogen-bond acceptors (Lipinski definition) is 4. The maximum Gasteiger partial charge on any atom is 0.329 e. The minimum atomic E-state index is -1.16. The zero-order valence-corrected chi connectivity index (χ0v) is 12.7. The first-order valence-corrected chi connectivity index (χ1v) is 8.11. The van der Waals surface area contributed by atoms with Gasteiger partial charge in [0.15, 0.2) is 0 Å². The van der Waals surface area contributed by atoms with E-state index < -0.39 is 17.4 Å². The van der Waals surface area contributed by atoms with E-state index in [0.717, 1.165) is 17.7 Å². The van der Waals surface area contributed by atoms with E-state index in [1.165, 1.54) is 11.8 Å². The molecule has 0 atom stereocenters. The van der Waals surface area contributed by atoms with Crippen molar-refractivity contribution in [1.29, 1.82) is 0 Å². The summed E-state index contributed by atoms with van der Waals surface area (Å²) in [4.78, 5) is 36.2. The lowest BCUT2D eigenvalue weighted by molar-refractivity contribution is -0.144. The van der Waals surface area contributed by atoms with Gasteiger partial charge in [-0.25, -0.2) is 4.79 Å². The molecule has 3 rings (SSSR count). The molecular formula is C15H16N2O4S. The molecule has 116 valence electrons. The Kier molecular flexibility index (Phi) is 3.82. The third kappa shape index (κ3) is 2.68. The lowest BCUT2D eigenvalue weighted by atomic mass is 9.97. The molecule has 22 heavy (non-hydrogen) atoms. The number of anilines is 1. The molecule has 0 spiro atoms. The third-order valence-corrected chi connectivity index (χ3v) is 5.17. The molecular weight excluding hydrogens is 304 g/mol. The Hall–Kier alpha value is -2.02. The predicted molar refractivity (Wildman–Crippen MR) is 82.1 cm³/mol. The molecule has 1 heterocycles. The van der Waals surface area contributed by atoms with Crippen LogP contribution in [0, 0.1) is 0 Å². The zero-order valence-electron chi connectivity index (χ0n) is 11.8. The first-order chi connectivity index (χ1) is 10.5. The molecule has 0 aromatic heterocycles. The molecule has 2 amide bonds. The molecule has 1 aliphatic heterocycles. The molecule has 1 saturated carbocycles. The number of carboxylic acids is 1. The van der Waals surface area contributed by atoms with Crippen molar-refractivity contribution >= 4 is 35.2 Å². The average Bonchev–Trinajstić information content (AvgIpc) is 2.96. The van der Waals surface area contributed by atoms with Crippen LogP contribution in [0.1, 0.15) is 36.0 Å². The predicted octanol–water partition coefficient (Wildman–Crippen LogP) is 1.86. The summed E-state index contributed by atoms with van der Waals surface area (Å²) in [5, 5.41) is 14.8. The van der Waals surface area contributed by atoms with Crippen molar-refractivity contribution in [3.05, 3.63) is 23.8 Å². The molecule has 7 heteroatoms. The quantitative estimate of drug-likeness (QED) is 0.790. The molecule has 1 fully saturated rings. The summed E-state index contributed by atoms with van der Waals surface area (Å²) in [5.74, 6) is -1.15. The standard InChI is InChI=1S/C15H16N2O4S/c18-12-8-22-11-4-3-9(7-10(11)16-12)13(19)17-15(14(20)21)5-1-2-6-15/h3-4,7H,1-2,5-6,8H2,(H,16,18)(H,17,19)(H,20,21). The summed E-state index contributed by atoms with van der Waals surface area (Å²) < 4.78 is 0. The van der Waals surface area contributed by atoms with Gasteiger partial charge in [-0.15, -0.1) is 11.8 Å². The second-order valence-corrected chi connectivity index (χ2v) is 6.61. The Morgan fingerprint density at radius 3 is 2.68 bits per heavy atom. The second-order valence-electron chi connectivity index (χ2n) is 5.60. The Balaban J connectivity index is 1.82. The van der Waals surface area contributed by atoms with E-state index in [2.05, 4.69) is 10.6 Å². The number of fused-ring (bicyclic) bond motifs is 1. The van der Waals surface area contributed by atoms with Crippen molar-refractivity contribution < 1.29 is 19.5 Å². The largest absolute Gasteiger partial charge is 0.480 e. The topological polar surface area (TPSA) is 95.5 Å². The van der Waals surface area contributed by atoms with Crippen LogP contribution < -0.4 is 10.6 Å². The lowest BCUT2D eigenvalue weighted by Gasteiger charge is -2.25. The summed E-state index contributed by atoms with van der Waals surface area (Å²) in [5.41, 5.74) is -0.205. The molecule has 1 aliphatic carbocycles. The van der Waals surface area contributed by atoms with E-state index in [4.69, 9.17) is 0 Å². The number of nitrogens with one attached hydrogen (secondary N) is 2. The van der Waals surface area contributed by atoms with Gasteiger partial charge in [0.05, 0.1) is 11.4 Å². The van der Waals surface area contributed by atoms with Crippen molar-refractivity contribution in [3.63, 3.8) is 0 Å². The number of benzene rings is 1. The number of thioether (sulfide) groups is 1. The number of rotatable bonds is 3. The van der Waals surface area contributed by atoms with Crippen LogP contribution in [0.25, 0.3) is 0 Å². The van der Waals surface area contributed by atoms with E-state index >= 15 is 0 Å². The number of amides is 2. The molecule has 1 aromatic carbocycles. The fraction of sp³-hybridized carbons (Fsp3) is 0.400. The normalized spacial score (nSPS) is 19.2. The molecule has 3 N–H and O–H groups in total. The van der Waals surface area contributed by atoms with E-state index in [-0.39, 0.29) is 5.91 Å². The molecule has 0 unspecified atom stereocenters. The molecule has 2 aliphatic rings.